The molecule has 0 fully saturated rings. The van der Waals surface area contributed by atoms with Crippen LogP contribution in [0, 0.1) is 0 Å². The number of rotatable bonds is 8. The summed E-state index contributed by atoms with van der Waals surface area (Å²) in [6.07, 6.45) is 1.56. The van der Waals surface area contributed by atoms with Crippen molar-refractivity contribution < 1.29 is 29.2 Å². The fourth-order valence-electron chi connectivity index (χ4n) is 3.00. The van der Waals surface area contributed by atoms with Crippen molar-refractivity contribution in [3.63, 3.8) is 0 Å². The maximum atomic E-state index is 10.1. The molecule has 142 valence electrons. The number of hydrogen-bond acceptors (Lipinski definition) is 6. The summed E-state index contributed by atoms with van der Waals surface area (Å²) in [6, 6.07) is 7.24. The van der Waals surface area contributed by atoms with Crippen LogP contribution >= 0.6 is 0 Å². The van der Waals surface area contributed by atoms with Crippen molar-refractivity contribution in [1.82, 2.24) is 0 Å². The molecule has 1 atom stereocenters. The van der Waals surface area contributed by atoms with E-state index >= 15 is 0 Å². The normalized spacial score (nSPS) is 11.7. The first-order valence-electron chi connectivity index (χ1n) is 8.37. The number of ether oxygens (including phenoxy) is 4. The van der Waals surface area contributed by atoms with E-state index < -0.39 is 0 Å². The van der Waals surface area contributed by atoms with Gasteiger partial charge < -0.3 is 29.2 Å². The number of phenolic OH excluding ortho intramolecular Hbond substituents is 2. The van der Waals surface area contributed by atoms with Gasteiger partial charge in [0.1, 0.15) is 0 Å². The van der Waals surface area contributed by atoms with Crippen LogP contribution in [-0.4, -0.2) is 38.7 Å². The Morgan fingerprint density at radius 3 is 1.46 bits per heavy atom. The van der Waals surface area contributed by atoms with Crippen LogP contribution in [0.15, 0.2) is 24.3 Å². The van der Waals surface area contributed by atoms with Crippen molar-refractivity contribution in [2.75, 3.05) is 28.4 Å². The van der Waals surface area contributed by atoms with Crippen molar-refractivity contribution in [1.29, 1.82) is 0 Å². The summed E-state index contributed by atoms with van der Waals surface area (Å²) in [6.45, 7) is 2.09. The second-order valence-corrected chi connectivity index (χ2v) is 5.93. The van der Waals surface area contributed by atoms with E-state index in [0.29, 0.717) is 29.4 Å². The second-order valence-electron chi connectivity index (χ2n) is 5.93. The van der Waals surface area contributed by atoms with Gasteiger partial charge in [0.25, 0.3) is 0 Å². The average Bonchev–Trinajstić information content (AvgIpc) is 2.67. The topological polar surface area (TPSA) is 77.4 Å². The number of hydrogen-bond donors (Lipinski definition) is 2. The highest BCUT2D eigenvalue weighted by Crippen LogP contribution is 2.42. The van der Waals surface area contributed by atoms with Gasteiger partial charge in [0.05, 0.1) is 28.4 Å². The molecule has 2 aromatic carbocycles. The molecule has 0 saturated carbocycles. The lowest BCUT2D eigenvalue weighted by Gasteiger charge is -2.19. The van der Waals surface area contributed by atoms with Gasteiger partial charge in [0.2, 0.25) is 11.5 Å². The molecule has 0 aromatic heterocycles. The zero-order valence-corrected chi connectivity index (χ0v) is 15.8. The maximum Gasteiger partial charge on any atom is 0.200 e. The van der Waals surface area contributed by atoms with E-state index in [9.17, 15) is 10.2 Å². The summed E-state index contributed by atoms with van der Waals surface area (Å²) < 4.78 is 21.0. The molecule has 0 saturated heterocycles. The van der Waals surface area contributed by atoms with Crippen LogP contribution in [0.1, 0.15) is 30.4 Å². The highest BCUT2D eigenvalue weighted by molar-refractivity contribution is 5.55. The number of methoxy groups -OCH3 is 4. The molecule has 6 nitrogen and oxygen atoms in total. The Labute approximate surface area is 153 Å². The van der Waals surface area contributed by atoms with Crippen LogP contribution in [0.25, 0.3) is 0 Å². The summed E-state index contributed by atoms with van der Waals surface area (Å²) in [5.41, 5.74) is 1.96. The monoisotopic (exact) mass is 362 g/mol. The van der Waals surface area contributed by atoms with Gasteiger partial charge in [-0.05, 0) is 54.2 Å². The van der Waals surface area contributed by atoms with Gasteiger partial charge >= 0.3 is 0 Å². The Balaban J connectivity index is 2.41. The molecule has 2 N–H and O–H groups in total. The van der Waals surface area contributed by atoms with Gasteiger partial charge in [-0.3, -0.25) is 0 Å². The molecule has 0 spiro atoms. The largest absolute Gasteiger partial charge is 0.502 e. The Kier molecular flexibility index (Phi) is 6.44. The minimum atomic E-state index is -0.0141. The summed E-state index contributed by atoms with van der Waals surface area (Å²) in [5, 5.41) is 20.2. The third-order valence-electron chi connectivity index (χ3n) is 4.49. The Bertz CT molecular complexity index is 706. The number of phenols is 2. The molecule has 0 aliphatic rings. The highest BCUT2D eigenvalue weighted by atomic mass is 16.5. The fourth-order valence-corrected chi connectivity index (χ4v) is 3.00. The molecular formula is C20H26O6. The molecule has 2 aromatic rings. The molecule has 0 aliphatic carbocycles. The molecule has 0 aliphatic heterocycles. The van der Waals surface area contributed by atoms with E-state index in [1.54, 1.807) is 12.1 Å². The molecule has 2 rings (SSSR count). The molecule has 0 bridgehead atoms. The third-order valence-corrected chi connectivity index (χ3v) is 4.49. The van der Waals surface area contributed by atoms with Gasteiger partial charge in [-0.1, -0.05) is 6.92 Å². The van der Waals surface area contributed by atoms with Crippen LogP contribution < -0.4 is 18.9 Å². The summed E-state index contributed by atoms with van der Waals surface area (Å²) in [7, 11) is 6.03. The quantitative estimate of drug-likeness (QED) is 0.742. The van der Waals surface area contributed by atoms with E-state index in [2.05, 4.69) is 6.92 Å². The lowest BCUT2D eigenvalue weighted by molar-refractivity contribution is 0.337. The van der Waals surface area contributed by atoms with E-state index in [1.165, 1.54) is 28.4 Å². The molecule has 26 heavy (non-hydrogen) atoms. The maximum absolute atomic E-state index is 10.1. The first kappa shape index (κ1) is 19.6. The average molecular weight is 362 g/mol. The first-order chi connectivity index (χ1) is 12.5. The minimum Gasteiger partial charge on any atom is -0.502 e. The minimum absolute atomic E-state index is 0.0124. The zero-order chi connectivity index (χ0) is 19.3. The molecule has 1 unspecified atom stereocenters. The van der Waals surface area contributed by atoms with E-state index in [4.69, 9.17) is 18.9 Å². The van der Waals surface area contributed by atoms with E-state index in [0.717, 1.165) is 17.5 Å². The molecule has 0 heterocycles. The number of aromatic hydroxyl groups is 2. The van der Waals surface area contributed by atoms with Crippen molar-refractivity contribution in [2.24, 2.45) is 0 Å². The van der Waals surface area contributed by atoms with Gasteiger partial charge in [-0.2, -0.15) is 0 Å². The van der Waals surface area contributed by atoms with Crippen molar-refractivity contribution in [3.05, 3.63) is 35.4 Å². The molecular weight excluding hydrogens is 336 g/mol. The lowest BCUT2D eigenvalue weighted by Crippen LogP contribution is -2.04. The van der Waals surface area contributed by atoms with Gasteiger partial charge in [-0.15, -0.1) is 0 Å². The predicted molar refractivity (Wildman–Crippen MR) is 99.2 cm³/mol. The van der Waals surface area contributed by atoms with Crippen molar-refractivity contribution in [3.8, 4) is 34.5 Å². The molecule has 0 amide bonds. The van der Waals surface area contributed by atoms with E-state index in [-0.39, 0.29) is 17.4 Å². The van der Waals surface area contributed by atoms with Crippen molar-refractivity contribution >= 4 is 0 Å². The SMILES string of the molecule is CCC(Cc1cc(OC)c(O)c(OC)c1)c1cc(OC)c(O)c(OC)c1. The van der Waals surface area contributed by atoms with Crippen LogP contribution in [0.2, 0.25) is 0 Å². The third kappa shape index (κ3) is 3.90. The Morgan fingerprint density at radius 2 is 1.12 bits per heavy atom. The second kappa shape index (κ2) is 8.56. The van der Waals surface area contributed by atoms with Gasteiger partial charge in [0, 0.05) is 0 Å². The van der Waals surface area contributed by atoms with Gasteiger partial charge in [0.15, 0.2) is 23.0 Å². The Hall–Kier alpha value is -2.76. The Morgan fingerprint density at radius 1 is 0.731 bits per heavy atom. The standard InChI is InChI=1S/C20H26O6/c1-6-13(14-10-17(25-4)20(22)18(11-14)26-5)7-12-8-15(23-2)19(21)16(9-12)24-3/h8-11,13,21-22H,6-7H2,1-5H3. The van der Waals surface area contributed by atoms with E-state index in [1.807, 2.05) is 12.1 Å². The summed E-state index contributed by atoms with van der Waals surface area (Å²) in [4.78, 5) is 0. The summed E-state index contributed by atoms with van der Waals surface area (Å²) >= 11 is 0. The van der Waals surface area contributed by atoms with Crippen LogP contribution in [0.3, 0.4) is 0 Å². The van der Waals surface area contributed by atoms with Crippen molar-refractivity contribution in [2.45, 2.75) is 25.7 Å². The van der Waals surface area contributed by atoms with Crippen LogP contribution in [0.4, 0.5) is 0 Å². The fraction of sp³-hybridized carbons (Fsp3) is 0.400. The van der Waals surface area contributed by atoms with Gasteiger partial charge in [-0.25, -0.2) is 0 Å². The molecule has 0 radical (unpaired) electrons. The number of benzene rings is 2. The highest BCUT2D eigenvalue weighted by Gasteiger charge is 2.19. The molecule has 6 heteroatoms. The predicted octanol–water partition coefficient (Wildman–Crippen LogP) is 3.87. The van der Waals surface area contributed by atoms with Crippen LogP contribution in [-0.2, 0) is 6.42 Å². The zero-order valence-electron chi connectivity index (χ0n) is 15.8. The lowest BCUT2D eigenvalue weighted by atomic mass is 9.89. The first-order valence-corrected chi connectivity index (χ1v) is 8.37. The summed E-state index contributed by atoms with van der Waals surface area (Å²) in [5.74, 6) is 1.61. The van der Waals surface area contributed by atoms with Crippen LogP contribution in [0.5, 0.6) is 34.5 Å². The smallest absolute Gasteiger partial charge is 0.200 e.